The quantitative estimate of drug-likeness (QED) is 0.532. The second-order valence-electron chi connectivity index (χ2n) is 4.53. The third-order valence-corrected chi connectivity index (χ3v) is 4.11. The Morgan fingerprint density at radius 2 is 1.86 bits per heavy atom. The normalized spacial score (nSPS) is 10.5. The van der Waals surface area contributed by atoms with E-state index >= 15 is 0 Å². The molecule has 0 atom stereocenters. The van der Waals surface area contributed by atoms with Gasteiger partial charge in [-0.3, -0.25) is 5.43 Å². The van der Waals surface area contributed by atoms with E-state index in [9.17, 15) is 0 Å². The first-order valence-corrected chi connectivity index (χ1v) is 7.85. The van der Waals surface area contributed by atoms with Crippen LogP contribution in [0.15, 0.2) is 10.8 Å². The van der Waals surface area contributed by atoms with Crippen LogP contribution in [0, 0.1) is 6.92 Å². The molecule has 0 spiro atoms. The van der Waals surface area contributed by atoms with Gasteiger partial charge < -0.3 is 10.2 Å². The highest BCUT2D eigenvalue weighted by atomic mass is 32.1. The molecule has 0 aliphatic rings. The molecule has 0 unspecified atom stereocenters. The first-order valence-electron chi connectivity index (χ1n) is 6.91. The maximum absolute atomic E-state index is 5.44. The van der Waals surface area contributed by atoms with Gasteiger partial charge in [0.2, 0.25) is 17.8 Å². The Morgan fingerprint density at radius 3 is 2.43 bits per heavy atom. The maximum atomic E-state index is 5.44. The molecule has 0 aliphatic heterocycles. The van der Waals surface area contributed by atoms with Crippen LogP contribution in [-0.4, -0.2) is 28.0 Å². The number of nitrogen functional groups attached to an aromatic ring is 1. The minimum atomic E-state index is 0.358. The molecule has 21 heavy (non-hydrogen) atoms. The molecular weight excluding hydrogens is 286 g/mol. The molecule has 0 saturated carbocycles. The summed E-state index contributed by atoms with van der Waals surface area (Å²) in [5, 5.41) is 7.47. The van der Waals surface area contributed by atoms with Crippen molar-refractivity contribution in [2.45, 2.75) is 27.3 Å². The van der Waals surface area contributed by atoms with Crippen LogP contribution in [0.5, 0.6) is 0 Å². The average molecular weight is 307 g/mol. The lowest BCUT2D eigenvalue weighted by Crippen LogP contribution is -2.26. The summed E-state index contributed by atoms with van der Waals surface area (Å²) in [6, 6.07) is 0. The fourth-order valence-corrected chi connectivity index (χ4v) is 2.76. The molecule has 114 valence electrons. The van der Waals surface area contributed by atoms with Crippen molar-refractivity contribution in [2.24, 2.45) is 5.84 Å². The van der Waals surface area contributed by atoms with Crippen LogP contribution in [0.3, 0.4) is 0 Å². The minimum Gasteiger partial charge on any atom is -0.350 e. The predicted octanol–water partition coefficient (Wildman–Crippen LogP) is 1.99. The number of hydrogen-bond donors (Lipinski definition) is 3. The number of hydrazine groups is 1. The van der Waals surface area contributed by atoms with E-state index in [1.54, 1.807) is 11.3 Å². The number of hydrogen-bond acceptors (Lipinski definition) is 8. The van der Waals surface area contributed by atoms with Crippen molar-refractivity contribution >= 4 is 29.2 Å². The zero-order chi connectivity index (χ0) is 15.2. The Balaban J connectivity index is 2.18. The molecule has 0 aromatic carbocycles. The molecule has 0 radical (unpaired) electrons. The average Bonchev–Trinajstić information content (AvgIpc) is 2.91. The fraction of sp³-hybridized carbons (Fsp3) is 0.462. The molecule has 7 nitrogen and oxygen atoms in total. The van der Waals surface area contributed by atoms with Gasteiger partial charge in [0.25, 0.3) is 0 Å². The molecule has 2 heterocycles. The number of nitrogens with two attached hydrogens (primary N) is 1. The number of aromatic nitrogens is 3. The van der Waals surface area contributed by atoms with Crippen molar-refractivity contribution in [3.8, 4) is 0 Å². The van der Waals surface area contributed by atoms with Crippen LogP contribution in [0.2, 0.25) is 0 Å². The summed E-state index contributed by atoms with van der Waals surface area (Å²) < 4.78 is 0. The predicted molar refractivity (Wildman–Crippen MR) is 87.6 cm³/mol. The van der Waals surface area contributed by atoms with Gasteiger partial charge in [0.1, 0.15) is 0 Å². The zero-order valence-corrected chi connectivity index (χ0v) is 13.4. The number of thiophene rings is 1. The Morgan fingerprint density at radius 1 is 1.14 bits per heavy atom. The molecule has 0 saturated heterocycles. The van der Waals surface area contributed by atoms with Gasteiger partial charge in [0, 0.05) is 19.6 Å². The molecule has 4 N–H and O–H groups in total. The summed E-state index contributed by atoms with van der Waals surface area (Å²) in [7, 11) is 0. The van der Waals surface area contributed by atoms with E-state index in [4.69, 9.17) is 5.84 Å². The Bertz CT molecular complexity index is 580. The molecule has 0 fully saturated rings. The van der Waals surface area contributed by atoms with Crippen LogP contribution in [0.4, 0.5) is 17.8 Å². The fourth-order valence-electron chi connectivity index (χ4n) is 1.90. The van der Waals surface area contributed by atoms with Crippen LogP contribution in [0.25, 0.3) is 0 Å². The number of nitrogens with one attached hydrogen (secondary N) is 2. The van der Waals surface area contributed by atoms with Crippen LogP contribution < -0.4 is 21.5 Å². The van der Waals surface area contributed by atoms with Gasteiger partial charge in [-0.2, -0.15) is 26.3 Å². The van der Waals surface area contributed by atoms with E-state index < -0.39 is 0 Å². The Kier molecular flexibility index (Phi) is 5.29. The summed E-state index contributed by atoms with van der Waals surface area (Å²) in [6.07, 6.45) is 0. The monoisotopic (exact) mass is 307 g/mol. The molecule has 2 aromatic heterocycles. The molecular formula is C13H21N7S. The Labute approximate surface area is 128 Å². The van der Waals surface area contributed by atoms with Crippen LogP contribution >= 0.6 is 11.3 Å². The van der Waals surface area contributed by atoms with Gasteiger partial charge in [0.15, 0.2) is 0 Å². The van der Waals surface area contributed by atoms with Gasteiger partial charge in [-0.15, -0.1) is 0 Å². The third-order valence-electron chi connectivity index (χ3n) is 3.20. The number of nitrogens with zero attached hydrogens (tertiary/aromatic N) is 4. The summed E-state index contributed by atoms with van der Waals surface area (Å²) in [4.78, 5) is 15.0. The SMILES string of the molecule is CCN(CC)c1nc(NN)nc(NCc2cscc2C)n1. The third kappa shape index (κ3) is 3.79. The minimum absolute atomic E-state index is 0.358. The first-order chi connectivity index (χ1) is 10.2. The van der Waals surface area contributed by atoms with Gasteiger partial charge in [-0.05, 0) is 42.7 Å². The maximum Gasteiger partial charge on any atom is 0.243 e. The van der Waals surface area contributed by atoms with Gasteiger partial charge in [-0.1, -0.05) is 0 Å². The second-order valence-corrected chi connectivity index (χ2v) is 5.28. The lowest BCUT2D eigenvalue weighted by Gasteiger charge is -2.19. The first kappa shape index (κ1) is 15.5. The highest BCUT2D eigenvalue weighted by Gasteiger charge is 2.11. The van der Waals surface area contributed by atoms with Crippen molar-refractivity contribution in [1.29, 1.82) is 0 Å². The molecule has 0 aliphatic carbocycles. The Hall–Kier alpha value is -1.93. The second kappa shape index (κ2) is 7.19. The summed E-state index contributed by atoms with van der Waals surface area (Å²) >= 11 is 1.69. The van der Waals surface area contributed by atoms with Crippen LogP contribution in [0.1, 0.15) is 25.0 Å². The zero-order valence-electron chi connectivity index (χ0n) is 12.6. The van der Waals surface area contributed by atoms with Gasteiger partial charge in [-0.25, -0.2) is 5.84 Å². The van der Waals surface area contributed by atoms with Gasteiger partial charge >= 0.3 is 0 Å². The lowest BCUT2D eigenvalue weighted by atomic mass is 10.2. The van der Waals surface area contributed by atoms with Gasteiger partial charge in [0.05, 0.1) is 0 Å². The lowest BCUT2D eigenvalue weighted by molar-refractivity contribution is 0.811. The van der Waals surface area contributed by atoms with E-state index in [1.807, 2.05) is 4.90 Å². The summed E-state index contributed by atoms with van der Waals surface area (Å²) in [5.41, 5.74) is 5.00. The molecule has 0 bridgehead atoms. The van der Waals surface area contributed by atoms with E-state index in [1.165, 1.54) is 11.1 Å². The van der Waals surface area contributed by atoms with Crippen molar-refractivity contribution in [3.63, 3.8) is 0 Å². The highest BCUT2D eigenvalue weighted by molar-refractivity contribution is 7.08. The van der Waals surface area contributed by atoms with Crippen molar-refractivity contribution in [2.75, 3.05) is 28.7 Å². The summed E-state index contributed by atoms with van der Waals surface area (Å²) in [6.45, 7) is 8.55. The van der Waals surface area contributed by atoms with E-state index in [-0.39, 0.29) is 0 Å². The smallest absolute Gasteiger partial charge is 0.243 e. The number of aryl methyl sites for hydroxylation is 1. The van der Waals surface area contributed by atoms with Crippen LogP contribution in [-0.2, 0) is 6.54 Å². The number of rotatable bonds is 7. The highest BCUT2D eigenvalue weighted by Crippen LogP contribution is 2.17. The molecule has 8 heteroatoms. The largest absolute Gasteiger partial charge is 0.350 e. The number of anilines is 3. The van der Waals surface area contributed by atoms with Crippen molar-refractivity contribution in [1.82, 2.24) is 15.0 Å². The van der Waals surface area contributed by atoms with Crippen molar-refractivity contribution in [3.05, 3.63) is 21.9 Å². The molecule has 0 amide bonds. The standard InChI is InChI=1S/C13H21N7S/c1-4-20(5-2)13-17-11(16-12(18-13)19-14)15-6-10-8-21-7-9(10)3/h7-8H,4-6,14H2,1-3H3,(H2,15,16,17,18,19). The van der Waals surface area contributed by atoms with Crippen molar-refractivity contribution < 1.29 is 0 Å². The topological polar surface area (TPSA) is 92.0 Å². The van der Waals surface area contributed by atoms with E-state index in [0.29, 0.717) is 24.4 Å². The molecule has 2 aromatic rings. The van der Waals surface area contributed by atoms with E-state index in [0.717, 1.165) is 13.1 Å². The summed E-state index contributed by atoms with van der Waals surface area (Å²) in [5.74, 6) is 6.93. The molecule has 2 rings (SSSR count). The van der Waals surface area contributed by atoms with E-state index in [2.05, 4.69) is 57.2 Å².